The lowest BCUT2D eigenvalue weighted by atomic mass is 9.79. The van der Waals surface area contributed by atoms with Gasteiger partial charge in [0.05, 0.1) is 11.8 Å². The molecule has 1 aliphatic carbocycles. The summed E-state index contributed by atoms with van der Waals surface area (Å²) in [5, 5.41) is 0.875. The minimum Gasteiger partial charge on any atom is -0.330 e. The van der Waals surface area contributed by atoms with Crippen LogP contribution in [0.3, 0.4) is 0 Å². The van der Waals surface area contributed by atoms with Gasteiger partial charge in [-0.3, -0.25) is 19.2 Å². The number of hydrogen-bond donors (Lipinski definition) is 0. The summed E-state index contributed by atoms with van der Waals surface area (Å²) >= 11 is 0. The Morgan fingerprint density at radius 2 is 0.962 bits per heavy atom. The first-order chi connectivity index (χ1) is 12.4. The Morgan fingerprint density at radius 3 is 1.27 bits per heavy atom. The van der Waals surface area contributed by atoms with Crippen LogP contribution in [0.4, 0.5) is 0 Å². The average Bonchev–Trinajstić information content (AvgIpc) is 3.11. The van der Waals surface area contributed by atoms with Gasteiger partial charge in [-0.1, -0.05) is 12.8 Å². The highest BCUT2D eigenvalue weighted by Crippen LogP contribution is 2.33. The molecule has 140 valence electrons. The number of carbonyl (C=O) groups is 6. The Morgan fingerprint density at radius 1 is 0.654 bits per heavy atom. The number of carbonyl (C=O) groups excluding carboxylic acids is 6. The van der Waals surface area contributed by atoms with Crippen LogP contribution >= 0.6 is 0 Å². The van der Waals surface area contributed by atoms with Crippen LogP contribution in [0.1, 0.15) is 51.4 Å². The molecule has 2 heterocycles. The van der Waals surface area contributed by atoms with Crippen molar-refractivity contribution in [2.24, 2.45) is 11.8 Å². The van der Waals surface area contributed by atoms with Crippen molar-refractivity contribution in [1.82, 2.24) is 10.1 Å². The van der Waals surface area contributed by atoms with E-state index in [1.54, 1.807) is 0 Å². The van der Waals surface area contributed by atoms with Crippen molar-refractivity contribution in [3.63, 3.8) is 0 Å². The molecule has 2 atom stereocenters. The molecule has 10 heteroatoms. The van der Waals surface area contributed by atoms with Gasteiger partial charge in [0.1, 0.15) is 0 Å². The largest absolute Gasteiger partial charge is 0.337 e. The standard InChI is InChI=1S/C16H18N2O8/c19-11-5-6-12(20)17(11)25-15(23)9-3-1-2-4-10(9)16(24)26-18-13(21)7-8-14(18)22/h9-10H,1-8H2/t9-,10-/m1/s1. The van der Waals surface area contributed by atoms with Crippen LogP contribution in [0.15, 0.2) is 0 Å². The molecule has 3 fully saturated rings. The maximum atomic E-state index is 12.4. The van der Waals surface area contributed by atoms with Gasteiger partial charge >= 0.3 is 11.9 Å². The normalized spacial score (nSPS) is 26.5. The molecular weight excluding hydrogens is 348 g/mol. The van der Waals surface area contributed by atoms with Gasteiger partial charge in [-0.25, -0.2) is 9.59 Å². The molecule has 2 saturated heterocycles. The zero-order valence-corrected chi connectivity index (χ0v) is 14.0. The first-order valence-electron chi connectivity index (χ1n) is 8.53. The second kappa shape index (κ2) is 7.22. The van der Waals surface area contributed by atoms with Crippen LogP contribution in [0.5, 0.6) is 0 Å². The fourth-order valence-electron chi connectivity index (χ4n) is 3.33. The number of nitrogens with zero attached hydrogens (tertiary/aromatic N) is 2. The summed E-state index contributed by atoms with van der Waals surface area (Å²) in [5.74, 6) is -5.98. The summed E-state index contributed by atoms with van der Waals surface area (Å²) in [5.41, 5.74) is 0. The molecule has 0 aromatic rings. The fourth-order valence-corrected chi connectivity index (χ4v) is 3.33. The summed E-state index contributed by atoms with van der Waals surface area (Å²) in [6, 6.07) is 0. The van der Waals surface area contributed by atoms with Crippen molar-refractivity contribution >= 4 is 35.6 Å². The van der Waals surface area contributed by atoms with Crippen LogP contribution in [0.2, 0.25) is 0 Å². The van der Waals surface area contributed by atoms with E-state index >= 15 is 0 Å². The lowest BCUT2D eigenvalue weighted by Gasteiger charge is -2.29. The lowest BCUT2D eigenvalue weighted by Crippen LogP contribution is -2.42. The Kier molecular flexibility index (Phi) is 5.01. The Balaban J connectivity index is 1.67. The lowest BCUT2D eigenvalue weighted by molar-refractivity contribution is -0.210. The van der Waals surface area contributed by atoms with E-state index in [9.17, 15) is 28.8 Å². The summed E-state index contributed by atoms with van der Waals surface area (Å²) in [7, 11) is 0. The van der Waals surface area contributed by atoms with Crippen LogP contribution in [0, 0.1) is 11.8 Å². The van der Waals surface area contributed by atoms with Gasteiger partial charge in [0.15, 0.2) is 0 Å². The van der Waals surface area contributed by atoms with E-state index in [-0.39, 0.29) is 25.7 Å². The zero-order chi connectivity index (χ0) is 18.8. The molecule has 0 N–H and O–H groups in total. The third-order valence-electron chi connectivity index (χ3n) is 4.75. The SMILES string of the molecule is O=C(ON1C(=O)CCC1=O)[C@@H]1CCCC[C@H]1C(=O)ON1C(=O)CCC1=O. The summed E-state index contributed by atoms with van der Waals surface area (Å²) < 4.78 is 0. The summed E-state index contributed by atoms with van der Waals surface area (Å²) in [4.78, 5) is 80.9. The highest BCUT2D eigenvalue weighted by Gasteiger charge is 2.43. The zero-order valence-electron chi connectivity index (χ0n) is 14.0. The fraction of sp³-hybridized carbons (Fsp3) is 0.625. The van der Waals surface area contributed by atoms with Gasteiger partial charge in [-0.2, -0.15) is 0 Å². The molecule has 0 spiro atoms. The highest BCUT2D eigenvalue weighted by atomic mass is 16.7. The number of hydroxylamine groups is 4. The van der Waals surface area contributed by atoms with Gasteiger partial charge in [-0.05, 0) is 12.8 Å². The van der Waals surface area contributed by atoms with E-state index in [1.807, 2.05) is 0 Å². The molecule has 0 bridgehead atoms. The molecule has 0 radical (unpaired) electrons. The Bertz CT molecular complexity index is 598. The first kappa shape index (κ1) is 18.0. The maximum Gasteiger partial charge on any atom is 0.337 e. The molecular formula is C16H18N2O8. The molecule has 26 heavy (non-hydrogen) atoms. The summed E-state index contributed by atoms with van der Waals surface area (Å²) in [6.07, 6.45) is 1.85. The Labute approximate surface area is 148 Å². The predicted molar refractivity (Wildman–Crippen MR) is 79.8 cm³/mol. The number of amides is 4. The van der Waals surface area contributed by atoms with Crippen molar-refractivity contribution in [2.75, 3.05) is 0 Å². The van der Waals surface area contributed by atoms with Crippen LogP contribution < -0.4 is 0 Å². The molecule has 0 unspecified atom stereocenters. The van der Waals surface area contributed by atoms with Crippen LogP contribution in [-0.2, 0) is 38.4 Å². The summed E-state index contributed by atoms with van der Waals surface area (Å²) in [6.45, 7) is 0. The van der Waals surface area contributed by atoms with Gasteiger partial charge in [0.25, 0.3) is 23.6 Å². The number of hydrogen-bond acceptors (Lipinski definition) is 8. The predicted octanol–water partition coefficient (Wildman–Crippen LogP) is 0.00720. The number of rotatable bonds is 4. The minimum atomic E-state index is -0.912. The van der Waals surface area contributed by atoms with E-state index < -0.39 is 47.4 Å². The highest BCUT2D eigenvalue weighted by molar-refractivity contribution is 6.02. The van der Waals surface area contributed by atoms with Crippen LogP contribution in [-0.4, -0.2) is 45.7 Å². The van der Waals surface area contributed by atoms with Gasteiger partial charge in [-0.15, -0.1) is 10.1 Å². The van der Waals surface area contributed by atoms with Crippen molar-refractivity contribution in [2.45, 2.75) is 51.4 Å². The van der Waals surface area contributed by atoms with Crippen molar-refractivity contribution in [3.05, 3.63) is 0 Å². The quantitative estimate of drug-likeness (QED) is 0.637. The van der Waals surface area contributed by atoms with Gasteiger partial charge in [0.2, 0.25) is 0 Å². The molecule has 4 amide bonds. The van der Waals surface area contributed by atoms with Crippen molar-refractivity contribution < 1.29 is 38.4 Å². The monoisotopic (exact) mass is 366 g/mol. The van der Waals surface area contributed by atoms with Gasteiger partial charge < -0.3 is 9.68 Å². The second-order valence-electron chi connectivity index (χ2n) is 6.48. The topological polar surface area (TPSA) is 127 Å². The molecule has 3 aliphatic rings. The third kappa shape index (κ3) is 3.44. The average molecular weight is 366 g/mol. The molecule has 0 aromatic carbocycles. The first-order valence-corrected chi connectivity index (χ1v) is 8.53. The van der Waals surface area contributed by atoms with Crippen molar-refractivity contribution in [1.29, 1.82) is 0 Å². The minimum absolute atomic E-state index is 0.0264. The molecule has 3 rings (SSSR count). The molecule has 2 aliphatic heterocycles. The second-order valence-corrected chi connectivity index (χ2v) is 6.48. The molecule has 10 nitrogen and oxygen atoms in total. The third-order valence-corrected chi connectivity index (χ3v) is 4.75. The van der Waals surface area contributed by atoms with Gasteiger partial charge in [0, 0.05) is 25.7 Å². The van der Waals surface area contributed by atoms with E-state index in [0.29, 0.717) is 35.8 Å². The van der Waals surface area contributed by atoms with E-state index in [0.717, 1.165) is 0 Å². The molecule has 1 saturated carbocycles. The molecule has 0 aromatic heterocycles. The number of imide groups is 2. The van der Waals surface area contributed by atoms with E-state index in [4.69, 9.17) is 9.68 Å². The van der Waals surface area contributed by atoms with E-state index in [2.05, 4.69) is 0 Å². The van der Waals surface area contributed by atoms with E-state index in [1.165, 1.54) is 0 Å². The maximum absolute atomic E-state index is 12.4. The Hall–Kier alpha value is -2.78. The van der Waals surface area contributed by atoms with Crippen LogP contribution in [0.25, 0.3) is 0 Å². The smallest absolute Gasteiger partial charge is 0.330 e. The van der Waals surface area contributed by atoms with Crippen molar-refractivity contribution in [3.8, 4) is 0 Å².